The number of hydrogen-bond acceptors (Lipinski definition) is 4. The Bertz CT molecular complexity index is 745. The number of nitrogens with two attached hydrogens (primary N) is 1. The highest BCUT2D eigenvalue weighted by Gasteiger charge is 2.12. The lowest BCUT2D eigenvalue weighted by molar-refractivity contribution is 0.297. The van der Waals surface area contributed by atoms with Gasteiger partial charge in [-0.1, -0.05) is 13.8 Å². The van der Waals surface area contributed by atoms with Crippen LogP contribution < -0.4 is 10.5 Å². The normalized spacial score (nSPS) is 11.4. The maximum Gasteiger partial charge on any atom is 0.193 e. The number of nitrogen functional groups attached to an aromatic ring is 1. The number of anilines is 1. The van der Waals surface area contributed by atoms with Crippen molar-refractivity contribution in [2.24, 2.45) is 0 Å². The molecule has 0 spiro atoms. The van der Waals surface area contributed by atoms with E-state index in [-0.39, 0.29) is 0 Å². The summed E-state index contributed by atoms with van der Waals surface area (Å²) in [5.74, 6) is 1.27. The highest BCUT2D eigenvalue weighted by molar-refractivity contribution is 7.15. The molecule has 0 aliphatic rings. The Labute approximate surface area is 128 Å². The zero-order chi connectivity index (χ0) is 15.0. The predicted octanol–water partition coefficient (Wildman–Crippen LogP) is 3.99. The van der Waals surface area contributed by atoms with Gasteiger partial charge >= 0.3 is 0 Å². The number of ether oxygens (including phenoxy) is 1. The van der Waals surface area contributed by atoms with Crippen molar-refractivity contribution in [1.29, 1.82) is 0 Å². The van der Waals surface area contributed by atoms with E-state index in [4.69, 9.17) is 10.5 Å². The fourth-order valence-electron chi connectivity index (χ4n) is 2.29. The summed E-state index contributed by atoms with van der Waals surface area (Å²) in [7, 11) is 0. The molecule has 5 heteroatoms. The van der Waals surface area contributed by atoms with Crippen LogP contribution in [-0.2, 0) is 6.61 Å². The van der Waals surface area contributed by atoms with Crippen molar-refractivity contribution in [2.75, 3.05) is 5.73 Å². The van der Waals surface area contributed by atoms with Gasteiger partial charge in [-0.15, -0.1) is 11.3 Å². The third-order valence-corrected chi connectivity index (χ3v) is 4.31. The van der Waals surface area contributed by atoms with Crippen LogP contribution in [-0.4, -0.2) is 9.38 Å². The van der Waals surface area contributed by atoms with Crippen LogP contribution in [0.25, 0.3) is 4.96 Å². The standard InChI is InChI=1S/C16H19N3OS/c1-10(2)13-7-14(17)11(3)6-15(13)20-9-12-8-19-4-5-21-16(19)18-12/h4-8,10H,9,17H2,1-3H3. The van der Waals surface area contributed by atoms with E-state index in [1.165, 1.54) is 0 Å². The molecule has 0 aliphatic carbocycles. The highest BCUT2D eigenvalue weighted by atomic mass is 32.1. The Balaban J connectivity index is 1.83. The van der Waals surface area contributed by atoms with E-state index in [1.807, 2.05) is 41.2 Å². The van der Waals surface area contributed by atoms with Crippen molar-refractivity contribution < 1.29 is 4.74 Å². The molecular weight excluding hydrogens is 282 g/mol. The van der Waals surface area contributed by atoms with Gasteiger partial charge in [-0.3, -0.25) is 4.40 Å². The van der Waals surface area contributed by atoms with Crippen molar-refractivity contribution in [3.63, 3.8) is 0 Å². The van der Waals surface area contributed by atoms with E-state index < -0.39 is 0 Å². The number of fused-ring (bicyclic) bond motifs is 1. The number of benzene rings is 1. The summed E-state index contributed by atoms with van der Waals surface area (Å²) in [5, 5.41) is 2.02. The van der Waals surface area contributed by atoms with Crippen LogP contribution in [0.3, 0.4) is 0 Å². The van der Waals surface area contributed by atoms with Crippen molar-refractivity contribution in [3.05, 3.63) is 46.7 Å². The summed E-state index contributed by atoms with van der Waals surface area (Å²) in [6.07, 6.45) is 4.01. The van der Waals surface area contributed by atoms with E-state index in [0.717, 1.165) is 33.2 Å². The second kappa shape index (κ2) is 5.41. The first-order valence-corrected chi connectivity index (χ1v) is 7.86. The third-order valence-electron chi connectivity index (χ3n) is 3.54. The Morgan fingerprint density at radius 1 is 1.38 bits per heavy atom. The molecule has 4 nitrogen and oxygen atoms in total. The third kappa shape index (κ3) is 2.74. The number of nitrogens with zero attached hydrogens (tertiary/aromatic N) is 2. The van der Waals surface area contributed by atoms with Gasteiger partial charge in [0, 0.05) is 23.5 Å². The first-order chi connectivity index (χ1) is 10.0. The Kier molecular flexibility index (Phi) is 3.59. The molecule has 2 aromatic heterocycles. The second-order valence-electron chi connectivity index (χ2n) is 5.52. The SMILES string of the molecule is Cc1cc(OCc2cn3ccsc3n2)c(C(C)C)cc1N. The fraction of sp³-hybridized carbons (Fsp3) is 0.312. The molecule has 110 valence electrons. The molecule has 0 radical (unpaired) electrons. The minimum atomic E-state index is 0.369. The summed E-state index contributed by atoms with van der Waals surface area (Å²) < 4.78 is 8.01. The zero-order valence-corrected chi connectivity index (χ0v) is 13.3. The van der Waals surface area contributed by atoms with Crippen LogP contribution in [0.1, 0.15) is 36.6 Å². The summed E-state index contributed by atoms with van der Waals surface area (Å²) in [6, 6.07) is 4.03. The zero-order valence-electron chi connectivity index (χ0n) is 12.5. The Hall–Kier alpha value is -2.01. The molecule has 0 unspecified atom stereocenters. The lowest BCUT2D eigenvalue weighted by Crippen LogP contribution is -2.02. The monoisotopic (exact) mass is 301 g/mol. The number of imidazole rings is 1. The van der Waals surface area contributed by atoms with Gasteiger partial charge in [0.1, 0.15) is 12.4 Å². The number of hydrogen-bond donors (Lipinski definition) is 1. The second-order valence-corrected chi connectivity index (χ2v) is 6.39. The molecule has 2 heterocycles. The molecule has 0 bridgehead atoms. The molecule has 0 saturated heterocycles. The quantitative estimate of drug-likeness (QED) is 0.741. The van der Waals surface area contributed by atoms with Gasteiger partial charge < -0.3 is 10.5 Å². The van der Waals surface area contributed by atoms with Crippen LogP contribution in [0.2, 0.25) is 0 Å². The van der Waals surface area contributed by atoms with E-state index in [9.17, 15) is 0 Å². The average Bonchev–Trinajstić information content (AvgIpc) is 3.00. The van der Waals surface area contributed by atoms with Gasteiger partial charge in [-0.05, 0) is 36.1 Å². The van der Waals surface area contributed by atoms with Crippen molar-refractivity contribution in [3.8, 4) is 5.75 Å². The molecule has 1 aromatic carbocycles. The molecule has 0 amide bonds. The minimum absolute atomic E-state index is 0.369. The molecule has 2 N–H and O–H groups in total. The lowest BCUT2D eigenvalue weighted by atomic mass is 9.99. The predicted molar refractivity (Wildman–Crippen MR) is 87.1 cm³/mol. The maximum absolute atomic E-state index is 6.00. The Morgan fingerprint density at radius 3 is 2.90 bits per heavy atom. The van der Waals surface area contributed by atoms with Gasteiger partial charge in [-0.2, -0.15) is 0 Å². The van der Waals surface area contributed by atoms with Crippen molar-refractivity contribution >= 4 is 22.0 Å². The molecule has 3 rings (SSSR count). The molecule has 21 heavy (non-hydrogen) atoms. The summed E-state index contributed by atoms with van der Waals surface area (Å²) in [5.41, 5.74) is 9.93. The molecular formula is C16H19N3OS. The van der Waals surface area contributed by atoms with Crippen LogP contribution in [0, 0.1) is 6.92 Å². The number of rotatable bonds is 4. The molecule has 3 aromatic rings. The van der Waals surface area contributed by atoms with E-state index in [1.54, 1.807) is 11.3 Å². The summed E-state index contributed by atoms with van der Waals surface area (Å²) in [4.78, 5) is 5.53. The highest BCUT2D eigenvalue weighted by Crippen LogP contribution is 2.31. The average molecular weight is 301 g/mol. The van der Waals surface area contributed by atoms with Gasteiger partial charge in [0.05, 0.1) is 5.69 Å². The summed E-state index contributed by atoms with van der Waals surface area (Å²) in [6.45, 7) is 6.75. The van der Waals surface area contributed by atoms with E-state index >= 15 is 0 Å². The van der Waals surface area contributed by atoms with Crippen LogP contribution >= 0.6 is 11.3 Å². The minimum Gasteiger partial charge on any atom is -0.487 e. The largest absolute Gasteiger partial charge is 0.487 e. The van der Waals surface area contributed by atoms with Crippen LogP contribution in [0.5, 0.6) is 5.75 Å². The van der Waals surface area contributed by atoms with Gasteiger partial charge in [-0.25, -0.2) is 4.98 Å². The van der Waals surface area contributed by atoms with Gasteiger partial charge in [0.25, 0.3) is 0 Å². The summed E-state index contributed by atoms with van der Waals surface area (Å²) >= 11 is 1.62. The number of aromatic nitrogens is 2. The molecule has 0 fully saturated rings. The van der Waals surface area contributed by atoms with Crippen molar-refractivity contribution in [1.82, 2.24) is 9.38 Å². The lowest BCUT2D eigenvalue weighted by Gasteiger charge is -2.15. The molecule has 0 atom stereocenters. The van der Waals surface area contributed by atoms with E-state index in [2.05, 4.69) is 18.8 Å². The maximum atomic E-state index is 6.00. The molecule has 0 saturated carbocycles. The van der Waals surface area contributed by atoms with Crippen LogP contribution in [0.4, 0.5) is 5.69 Å². The first-order valence-electron chi connectivity index (χ1n) is 6.98. The van der Waals surface area contributed by atoms with E-state index in [0.29, 0.717) is 12.5 Å². The topological polar surface area (TPSA) is 52.5 Å². The number of aryl methyl sites for hydroxylation is 1. The van der Waals surface area contributed by atoms with Crippen molar-refractivity contribution in [2.45, 2.75) is 33.3 Å². The van der Waals surface area contributed by atoms with Gasteiger partial charge in [0.2, 0.25) is 0 Å². The fourth-order valence-corrected chi connectivity index (χ4v) is 3.01. The smallest absolute Gasteiger partial charge is 0.193 e. The first kappa shape index (κ1) is 13.9. The van der Waals surface area contributed by atoms with Gasteiger partial charge in [0.15, 0.2) is 4.96 Å². The van der Waals surface area contributed by atoms with Crippen LogP contribution in [0.15, 0.2) is 29.9 Å². The number of thiazole rings is 1. The Morgan fingerprint density at radius 2 is 2.19 bits per heavy atom. The molecule has 0 aliphatic heterocycles.